The number of carbonyl (C=O) groups excluding carboxylic acids is 2. The summed E-state index contributed by atoms with van der Waals surface area (Å²) in [6.07, 6.45) is 3.45. The topological polar surface area (TPSA) is 95.6 Å². The molecule has 0 spiro atoms. The summed E-state index contributed by atoms with van der Waals surface area (Å²) in [4.78, 5) is 31.0. The Bertz CT molecular complexity index is 1140. The smallest absolute Gasteiger partial charge is 0.323 e. The molecule has 34 heavy (non-hydrogen) atoms. The van der Waals surface area contributed by atoms with Gasteiger partial charge < -0.3 is 20.3 Å². The Labute approximate surface area is 199 Å². The van der Waals surface area contributed by atoms with Gasteiger partial charge in [0.1, 0.15) is 11.6 Å². The lowest BCUT2D eigenvalue weighted by molar-refractivity contribution is 0.194. The molecule has 1 fully saturated rings. The summed E-state index contributed by atoms with van der Waals surface area (Å²) in [7, 11) is 1.56. The zero-order valence-corrected chi connectivity index (χ0v) is 19.4. The number of aryl methyl sites for hydroxylation is 1. The molecule has 4 amide bonds. The maximum absolute atomic E-state index is 12.6. The van der Waals surface area contributed by atoms with Gasteiger partial charge in [0.05, 0.1) is 12.8 Å². The van der Waals surface area contributed by atoms with E-state index in [9.17, 15) is 9.59 Å². The second kappa shape index (κ2) is 10.7. The van der Waals surface area contributed by atoms with Gasteiger partial charge in [0.15, 0.2) is 0 Å². The van der Waals surface area contributed by atoms with E-state index in [-0.39, 0.29) is 12.1 Å². The Kier molecular flexibility index (Phi) is 7.27. The highest BCUT2D eigenvalue weighted by Gasteiger charge is 2.24. The Hall–Kier alpha value is -4.07. The first-order valence-electron chi connectivity index (χ1n) is 11.3. The van der Waals surface area contributed by atoms with Crippen molar-refractivity contribution >= 4 is 29.3 Å². The van der Waals surface area contributed by atoms with E-state index >= 15 is 0 Å². The third kappa shape index (κ3) is 5.64. The summed E-state index contributed by atoms with van der Waals surface area (Å²) in [6, 6.07) is 18.5. The molecule has 1 aromatic heterocycles. The van der Waals surface area contributed by atoms with E-state index in [1.165, 1.54) is 5.56 Å². The zero-order chi connectivity index (χ0) is 23.9. The third-order valence-corrected chi connectivity index (χ3v) is 6.01. The van der Waals surface area contributed by atoms with Crippen molar-refractivity contribution in [2.24, 2.45) is 0 Å². The van der Waals surface area contributed by atoms with Gasteiger partial charge in [-0.15, -0.1) is 0 Å². The number of piperidine rings is 1. The van der Waals surface area contributed by atoms with Crippen molar-refractivity contribution < 1.29 is 14.3 Å². The van der Waals surface area contributed by atoms with Gasteiger partial charge in [-0.25, -0.2) is 14.6 Å². The SMILES string of the molecule is COc1ccccc1NC(=O)Nc1ccc(C2CCN(C(=O)Nc3ncccc3C)CC2)cc1. The molecule has 176 valence electrons. The van der Waals surface area contributed by atoms with Gasteiger partial charge >= 0.3 is 12.1 Å². The van der Waals surface area contributed by atoms with Crippen molar-refractivity contribution in [3.05, 3.63) is 78.0 Å². The monoisotopic (exact) mass is 459 g/mol. The standard InChI is InChI=1S/C26H29N5O3/c1-18-6-5-15-27-24(18)30-26(33)31-16-13-20(14-17-31)19-9-11-21(12-10-19)28-25(32)29-22-7-3-4-8-23(22)34-2/h3-12,15,20H,13-14,16-17H2,1-2H3,(H,27,30,33)(H2,28,29,32). The number of likely N-dealkylation sites (tertiary alicyclic amines) is 1. The highest BCUT2D eigenvalue weighted by molar-refractivity contribution is 6.00. The number of nitrogens with zero attached hydrogens (tertiary/aromatic N) is 2. The average Bonchev–Trinajstić information content (AvgIpc) is 2.86. The lowest BCUT2D eigenvalue weighted by Gasteiger charge is -2.32. The van der Waals surface area contributed by atoms with E-state index in [0.29, 0.717) is 41.9 Å². The van der Waals surface area contributed by atoms with Crippen LogP contribution in [0.25, 0.3) is 0 Å². The van der Waals surface area contributed by atoms with Crippen molar-refractivity contribution in [1.29, 1.82) is 0 Å². The van der Waals surface area contributed by atoms with E-state index in [4.69, 9.17) is 4.74 Å². The van der Waals surface area contributed by atoms with E-state index in [0.717, 1.165) is 18.4 Å². The van der Waals surface area contributed by atoms with Crippen molar-refractivity contribution in [1.82, 2.24) is 9.88 Å². The number of rotatable bonds is 5. The number of nitrogens with one attached hydrogen (secondary N) is 3. The Morgan fingerprint density at radius 3 is 2.38 bits per heavy atom. The fourth-order valence-electron chi connectivity index (χ4n) is 4.08. The van der Waals surface area contributed by atoms with Crippen LogP contribution in [0.2, 0.25) is 0 Å². The number of anilines is 3. The van der Waals surface area contributed by atoms with Crippen LogP contribution in [0.4, 0.5) is 26.8 Å². The van der Waals surface area contributed by atoms with Crippen LogP contribution in [-0.2, 0) is 0 Å². The van der Waals surface area contributed by atoms with Gasteiger partial charge in [0.25, 0.3) is 0 Å². The van der Waals surface area contributed by atoms with Crippen molar-refractivity contribution in [3.8, 4) is 5.75 Å². The van der Waals surface area contributed by atoms with E-state index in [1.54, 1.807) is 25.4 Å². The van der Waals surface area contributed by atoms with Crippen molar-refractivity contribution in [2.75, 3.05) is 36.1 Å². The second-order valence-corrected chi connectivity index (χ2v) is 8.26. The number of urea groups is 2. The minimum atomic E-state index is -0.334. The summed E-state index contributed by atoms with van der Waals surface area (Å²) in [6.45, 7) is 3.29. The number of amides is 4. The third-order valence-electron chi connectivity index (χ3n) is 6.01. The number of para-hydroxylation sites is 2. The average molecular weight is 460 g/mol. The zero-order valence-electron chi connectivity index (χ0n) is 19.4. The summed E-state index contributed by atoms with van der Waals surface area (Å²) in [5.74, 6) is 1.58. The first kappa shape index (κ1) is 23.1. The Morgan fingerprint density at radius 1 is 0.941 bits per heavy atom. The fourth-order valence-corrected chi connectivity index (χ4v) is 4.08. The van der Waals surface area contributed by atoms with Gasteiger partial charge in [0, 0.05) is 25.0 Å². The predicted octanol–water partition coefficient (Wildman–Crippen LogP) is 5.45. The number of ether oxygens (including phenoxy) is 1. The van der Waals surface area contributed by atoms with Gasteiger partial charge in [-0.05, 0) is 67.1 Å². The maximum atomic E-state index is 12.6. The molecule has 3 aromatic rings. The summed E-state index contributed by atoms with van der Waals surface area (Å²) in [5.41, 5.74) is 3.46. The van der Waals surface area contributed by atoms with Gasteiger partial charge in [-0.2, -0.15) is 0 Å². The van der Waals surface area contributed by atoms with Crippen LogP contribution in [0.1, 0.15) is 29.9 Å². The highest BCUT2D eigenvalue weighted by Crippen LogP contribution is 2.29. The summed E-state index contributed by atoms with van der Waals surface area (Å²) in [5, 5.41) is 8.56. The molecule has 0 unspecified atom stereocenters. The molecule has 2 aromatic carbocycles. The van der Waals surface area contributed by atoms with Gasteiger partial charge in [-0.3, -0.25) is 5.32 Å². The van der Waals surface area contributed by atoms with Crippen LogP contribution in [0.3, 0.4) is 0 Å². The van der Waals surface area contributed by atoms with E-state index < -0.39 is 0 Å². The number of pyridine rings is 1. The molecule has 8 nitrogen and oxygen atoms in total. The molecule has 1 aliphatic rings. The van der Waals surface area contributed by atoms with Crippen LogP contribution in [0, 0.1) is 6.92 Å². The Morgan fingerprint density at radius 2 is 1.68 bits per heavy atom. The van der Waals surface area contributed by atoms with Crippen LogP contribution < -0.4 is 20.7 Å². The molecule has 8 heteroatoms. The lowest BCUT2D eigenvalue weighted by atomic mass is 9.89. The molecule has 0 saturated carbocycles. The normalized spacial score (nSPS) is 13.8. The number of benzene rings is 2. The largest absolute Gasteiger partial charge is 0.495 e. The molecular weight excluding hydrogens is 430 g/mol. The molecule has 0 atom stereocenters. The van der Waals surface area contributed by atoms with E-state index in [2.05, 4.69) is 20.9 Å². The second-order valence-electron chi connectivity index (χ2n) is 8.26. The fraction of sp³-hybridized carbons (Fsp3) is 0.269. The molecular formula is C26H29N5O3. The number of hydrogen-bond donors (Lipinski definition) is 3. The molecule has 0 radical (unpaired) electrons. The van der Waals surface area contributed by atoms with Gasteiger partial charge in [-0.1, -0.05) is 30.3 Å². The molecule has 0 bridgehead atoms. The minimum absolute atomic E-state index is 0.110. The van der Waals surface area contributed by atoms with Crippen LogP contribution >= 0.6 is 0 Å². The number of aromatic nitrogens is 1. The molecule has 1 aliphatic heterocycles. The number of hydrogen-bond acceptors (Lipinski definition) is 4. The van der Waals surface area contributed by atoms with Crippen LogP contribution in [-0.4, -0.2) is 42.1 Å². The van der Waals surface area contributed by atoms with Crippen LogP contribution in [0.5, 0.6) is 5.75 Å². The quantitative estimate of drug-likeness (QED) is 0.472. The molecule has 0 aliphatic carbocycles. The molecule has 4 rings (SSSR count). The Balaban J connectivity index is 1.28. The first-order chi connectivity index (χ1) is 16.5. The minimum Gasteiger partial charge on any atom is -0.495 e. The first-order valence-corrected chi connectivity index (χ1v) is 11.3. The lowest BCUT2D eigenvalue weighted by Crippen LogP contribution is -2.40. The summed E-state index contributed by atoms with van der Waals surface area (Å²) < 4.78 is 5.26. The predicted molar refractivity (Wildman–Crippen MR) is 134 cm³/mol. The molecule has 2 heterocycles. The van der Waals surface area contributed by atoms with Gasteiger partial charge in [0.2, 0.25) is 0 Å². The van der Waals surface area contributed by atoms with E-state index in [1.807, 2.05) is 60.4 Å². The number of methoxy groups -OCH3 is 1. The maximum Gasteiger partial charge on any atom is 0.323 e. The van der Waals surface area contributed by atoms with Crippen LogP contribution in [0.15, 0.2) is 66.9 Å². The highest BCUT2D eigenvalue weighted by atomic mass is 16.5. The molecule has 1 saturated heterocycles. The van der Waals surface area contributed by atoms with Crippen molar-refractivity contribution in [2.45, 2.75) is 25.7 Å². The molecule has 3 N–H and O–H groups in total. The summed E-state index contributed by atoms with van der Waals surface area (Å²) >= 11 is 0. The van der Waals surface area contributed by atoms with Crippen molar-refractivity contribution in [3.63, 3.8) is 0 Å². The number of carbonyl (C=O) groups is 2.